The number of phenolic OH excluding ortho intramolecular Hbond substituents is 1. The van der Waals surface area contributed by atoms with E-state index < -0.39 is 5.82 Å². The van der Waals surface area contributed by atoms with E-state index in [1.165, 1.54) is 12.1 Å². The first-order chi connectivity index (χ1) is 7.13. The Labute approximate surface area is 89.4 Å². The molecule has 1 unspecified atom stereocenters. The lowest BCUT2D eigenvalue weighted by Crippen LogP contribution is -2.22. The monoisotopic (exact) mass is 209 g/mol. The van der Waals surface area contributed by atoms with Crippen molar-refractivity contribution in [1.29, 1.82) is 0 Å². The first-order valence-electron chi connectivity index (χ1n) is 5.03. The van der Waals surface area contributed by atoms with Gasteiger partial charge in [0.1, 0.15) is 0 Å². The van der Waals surface area contributed by atoms with E-state index in [4.69, 9.17) is 5.11 Å². The molecule has 3 heteroatoms. The summed E-state index contributed by atoms with van der Waals surface area (Å²) in [7, 11) is 0. The van der Waals surface area contributed by atoms with Gasteiger partial charge in [-0.05, 0) is 31.2 Å². The number of phenols is 1. The summed E-state index contributed by atoms with van der Waals surface area (Å²) in [6.07, 6.45) is 3.78. The van der Waals surface area contributed by atoms with Crippen LogP contribution in [0.1, 0.15) is 19.4 Å². The largest absolute Gasteiger partial charge is 0.505 e. The van der Waals surface area contributed by atoms with Crippen LogP contribution in [0.4, 0.5) is 4.39 Å². The van der Waals surface area contributed by atoms with Gasteiger partial charge in [0.05, 0.1) is 0 Å². The van der Waals surface area contributed by atoms with Gasteiger partial charge in [-0.25, -0.2) is 4.39 Å². The Morgan fingerprint density at radius 2 is 2.27 bits per heavy atom. The maximum absolute atomic E-state index is 13.0. The predicted octanol–water partition coefficient (Wildman–Crippen LogP) is 2.54. The molecular weight excluding hydrogens is 193 g/mol. The minimum atomic E-state index is -0.590. The normalized spacial score (nSPS) is 13.3. The maximum atomic E-state index is 13.0. The molecule has 2 nitrogen and oxygen atoms in total. The van der Waals surface area contributed by atoms with Crippen LogP contribution in [0, 0.1) is 5.82 Å². The van der Waals surface area contributed by atoms with E-state index in [1.807, 2.05) is 26.0 Å². The Bertz CT molecular complexity index is 349. The fourth-order valence-electron chi connectivity index (χ4n) is 1.27. The number of benzene rings is 1. The second kappa shape index (κ2) is 5.51. The van der Waals surface area contributed by atoms with Crippen molar-refractivity contribution in [3.05, 3.63) is 35.7 Å². The van der Waals surface area contributed by atoms with Crippen molar-refractivity contribution in [3.63, 3.8) is 0 Å². The molecule has 0 saturated heterocycles. The van der Waals surface area contributed by atoms with Gasteiger partial charge in [-0.1, -0.05) is 25.1 Å². The fraction of sp³-hybridized carbons (Fsp3) is 0.333. The number of likely N-dealkylation sites (N-methyl/N-ethyl adjacent to an activating group) is 1. The zero-order chi connectivity index (χ0) is 11.3. The Kier molecular flexibility index (Phi) is 4.31. The first-order valence-corrected chi connectivity index (χ1v) is 5.03. The highest BCUT2D eigenvalue weighted by atomic mass is 19.1. The molecule has 0 aliphatic rings. The molecule has 82 valence electrons. The molecule has 0 aromatic heterocycles. The van der Waals surface area contributed by atoms with Crippen LogP contribution in [0.2, 0.25) is 0 Å². The van der Waals surface area contributed by atoms with E-state index in [-0.39, 0.29) is 11.8 Å². The Hall–Kier alpha value is -1.35. The molecule has 1 aromatic rings. The van der Waals surface area contributed by atoms with E-state index in [0.717, 1.165) is 12.1 Å². The molecule has 1 atom stereocenters. The lowest BCUT2D eigenvalue weighted by molar-refractivity contribution is 0.432. The predicted molar refractivity (Wildman–Crippen MR) is 60.2 cm³/mol. The SMILES string of the molecule is CCNC(C)/C=C/c1ccc(O)c(F)c1. The van der Waals surface area contributed by atoms with Crippen molar-refractivity contribution in [2.24, 2.45) is 0 Å². The average Bonchev–Trinajstić information content (AvgIpc) is 2.20. The van der Waals surface area contributed by atoms with Crippen LogP contribution in [0.5, 0.6) is 5.75 Å². The van der Waals surface area contributed by atoms with Crippen LogP contribution < -0.4 is 5.32 Å². The lowest BCUT2D eigenvalue weighted by Gasteiger charge is -2.05. The fourth-order valence-corrected chi connectivity index (χ4v) is 1.27. The topological polar surface area (TPSA) is 32.3 Å². The third-order valence-electron chi connectivity index (χ3n) is 2.08. The molecule has 0 saturated carbocycles. The Balaban J connectivity index is 2.68. The lowest BCUT2D eigenvalue weighted by atomic mass is 10.1. The maximum Gasteiger partial charge on any atom is 0.165 e. The molecule has 0 radical (unpaired) electrons. The molecule has 0 aliphatic carbocycles. The van der Waals surface area contributed by atoms with Crippen LogP contribution in [0.15, 0.2) is 24.3 Å². The van der Waals surface area contributed by atoms with Gasteiger partial charge in [-0.2, -0.15) is 0 Å². The smallest absolute Gasteiger partial charge is 0.165 e. The molecule has 0 fully saturated rings. The van der Waals surface area contributed by atoms with Gasteiger partial charge in [-0.3, -0.25) is 0 Å². The molecule has 1 rings (SSSR count). The summed E-state index contributed by atoms with van der Waals surface area (Å²) in [6, 6.07) is 4.59. The van der Waals surface area contributed by atoms with Gasteiger partial charge in [0.25, 0.3) is 0 Å². The van der Waals surface area contributed by atoms with Crippen molar-refractivity contribution < 1.29 is 9.50 Å². The molecule has 0 aliphatic heterocycles. The zero-order valence-corrected chi connectivity index (χ0v) is 9.00. The summed E-state index contributed by atoms with van der Waals surface area (Å²) >= 11 is 0. The van der Waals surface area contributed by atoms with Gasteiger partial charge >= 0.3 is 0 Å². The van der Waals surface area contributed by atoms with Gasteiger partial charge in [0.15, 0.2) is 11.6 Å². The highest BCUT2D eigenvalue weighted by Crippen LogP contribution is 2.16. The van der Waals surface area contributed by atoms with Crippen molar-refractivity contribution in [3.8, 4) is 5.75 Å². The quantitative estimate of drug-likeness (QED) is 0.798. The molecule has 0 heterocycles. The van der Waals surface area contributed by atoms with E-state index in [0.29, 0.717) is 0 Å². The number of rotatable bonds is 4. The standard InChI is InChI=1S/C12H16FNO/c1-3-14-9(2)4-5-10-6-7-12(15)11(13)8-10/h4-9,14-15H,3H2,1-2H3/b5-4+. The molecule has 0 bridgehead atoms. The second-order valence-electron chi connectivity index (χ2n) is 3.42. The summed E-state index contributed by atoms with van der Waals surface area (Å²) in [5.74, 6) is -0.903. The number of aromatic hydroxyl groups is 1. The van der Waals surface area contributed by atoms with Gasteiger partial charge in [-0.15, -0.1) is 0 Å². The third-order valence-corrected chi connectivity index (χ3v) is 2.08. The molecule has 0 spiro atoms. The number of halogens is 1. The highest BCUT2D eigenvalue weighted by Gasteiger charge is 1.99. The van der Waals surface area contributed by atoms with Crippen molar-refractivity contribution in [2.75, 3.05) is 6.54 Å². The average molecular weight is 209 g/mol. The van der Waals surface area contributed by atoms with E-state index in [2.05, 4.69) is 5.32 Å². The Morgan fingerprint density at radius 1 is 1.53 bits per heavy atom. The van der Waals surface area contributed by atoms with E-state index in [1.54, 1.807) is 6.07 Å². The van der Waals surface area contributed by atoms with Crippen molar-refractivity contribution in [2.45, 2.75) is 19.9 Å². The molecule has 1 aromatic carbocycles. The summed E-state index contributed by atoms with van der Waals surface area (Å²) < 4.78 is 13.0. The molecule has 15 heavy (non-hydrogen) atoms. The second-order valence-corrected chi connectivity index (χ2v) is 3.42. The van der Waals surface area contributed by atoms with Gasteiger partial charge in [0, 0.05) is 6.04 Å². The number of hydrogen-bond acceptors (Lipinski definition) is 2. The van der Waals surface area contributed by atoms with Gasteiger partial charge < -0.3 is 10.4 Å². The van der Waals surface area contributed by atoms with Crippen molar-refractivity contribution in [1.82, 2.24) is 5.32 Å². The van der Waals surface area contributed by atoms with Crippen LogP contribution in [0.3, 0.4) is 0 Å². The highest BCUT2D eigenvalue weighted by molar-refractivity contribution is 5.51. The van der Waals surface area contributed by atoms with Gasteiger partial charge in [0.2, 0.25) is 0 Å². The minimum absolute atomic E-state index is 0.256. The molecule has 2 N–H and O–H groups in total. The summed E-state index contributed by atoms with van der Waals surface area (Å²) in [5, 5.41) is 12.2. The Morgan fingerprint density at radius 3 is 2.87 bits per heavy atom. The van der Waals surface area contributed by atoms with Crippen molar-refractivity contribution >= 4 is 6.08 Å². The van der Waals surface area contributed by atoms with Crippen LogP contribution >= 0.6 is 0 Å². The van der Waals surface area contributed by atoms with Crippen LogP contribution in [0.25, 0.3) is 6.08 Å². The summed E-state index contributed by atoms with van der Waals surface area (Å²) in [4.78, 5) is 0. The minimum Gasteiger partial charge on any atom is -0.505 e. The van der Waals surface area contributed by atoms with Crippen LogP contribution in [-0.4, -0.2) is 17.7 Å². The molecular formula is C12H16FNO. The summed E-state index contributed by atoms with van der Waals surface area (Å²) in [6.45, 7) is 4.96. The summed E-state index contributed by atoms with van der Waals surface area (Å²) in [5.41, 5.74) is 0.745. The van der Waals surface area contributed by atoms with E-state index >= 15 is 0 Å². The van der Waals surface area contributed by atoms with Crippen LogP contribution in [-0.2, 0) is 0 Å². The first kappa shape index (κ1) is 11.7. The van der Waals surface area contributed by atoms with E-state index in [9.17, 15) is 4.39 Å². The number of hydrogen-bond donors (Lipinski definition) is 2. The number of nitrogens with one attached hydrogen (secondary N) is 1. The molecule has 0 amide bonds. The third kappa shape index (κ3) is 3.72. The zero-order valence-electron chi connectivity index (χ0n) is 9.00.